The van der Waals surface area contributed by atoms with Gasteiger partial charge in [-0.3, -0.25) is 4.79 Å². The second-order valence-corrected chi connectivity index (χ2v) is 18.1. The molecule has 3 rings (SSSR count). The summed E-state index contributed by atoms with van der Waals surface area (Å²) in [5.41, 5.74) is 2.97. The molecule has 41 heavy (non-hydrogen) atoms. The number of carbonyl (C=O) groups excluding carboxylic acids is 1. The minimum Gasteiger partial charge on any atom is -0.481 e. The topological polar surface area (TPSA) is 111 Å². The second-order valence-electron chi connectivity index (χ2n) is 11.2. The fourth-order valence-electron chi connectivity index (χ4n) is 4.19. The van der Waals surface area contributed by atoms with Gasteiger partial charge in [-0.2, -0.15) is 0 Å². The lowest BCUT2D eigenvalue weighted by molar-refractivity contribution is -0.155. The zero-order valence-corrected chi connectivity index (χ0v) is 26.6. The smallest absolute Gasteiger partial charge is 0.355 e. The molecule has 0 fully saturated rings. The number of hydrogen-bond donors (Lipinski definition) is 1. The summed E-state index contributed by atoms with van der Waals surface area (Å²) in [6.07, 6.45) is 2.12. The van der Waals surface area contributed by atoms with Crippen LogP contribution >= 0.6 is 11.3 Å². The highest BCUT2D eigenvalue weighted by molar-refractivity contribution is 7.11. The van der Waals surface area contributed by atoms with Crippen molar-refractivity contribution in [2.24, 2.45) is 0 Å². The van der Waals surface area contributed by atoms with Gasteiger partial charge in [0.2, 0.25) is 5.88 Å². The maximum atomic E-state index is 14.1. The number of carbonyl (C=O) groups is 2. The van der Waals surface area contributed by atoms with Crippen LogP contribution < -0.4 is 4.74 Å². The van der Waals surface area contributed by atoms with Crippen molar-refractivity contribution >= 4 is 31.3 Å². The van der Waals surface area contributed by atoms with Crippen LogP contribution in [0.3, 0.4) is 0 Å². The average Bonchev–Trinajstić information content (AvgIpc) is 3.29. The van der Waals surface area contributed by atoms with Gasteiger partial charge in [0.15, 0.2) is 11.8 Å². The quantitative estimate of drug-likeness (QED) is 0.123. The summed E-state index contributed by atoms with van der Waals surface area (Å²) in [6, 6.07) is 12.7. The van der Waals surface area contributed by atoms with Crippen LogP contribution in [-0.2, 0) is 27.2 Å². The number of carboxylic acid groups (broad SMARTS) is 1. The monoisotopic (exact) mass is 599 g/mol. The van der Waals surface area contributed by atoms with Crippen molar-refractivity contribution in [2.75, 3.05) is 27.1 Å². The Bertz CT molecular complexity index is 1290. The molecule has 0 aliphatic heterocycles. The molecule has 1 aromatic carbocycles. The van der Waals surface area contributed by atoms with Crippen LogP contribution in [0, 0.1) is 13.8 Å². The number of rotatable bonds is 16. The van der Waals surface area contributed by atoms with Crippen LogP contribution in [0.15, 0.2) is 42.6 Å². The largest absolute Gasteiger partial charge is 0.481 e. The number of thiazole rings is 1. The molecule has 0 saturated carbocycles. The van der Waals surface area contributed by atoms with Crippen molar-refractivity contribution in [3.63, 3.8) is 0 Å². The standard InChI is InChI=1S/C30H41N3O6SSi/c1-21-9-7-10-23(17-21)11-8-14-33(19-26-32-27(30(35)36)22(2)40-26)29(34)28(24-12-13-25(37-3)31-18-24)39-20-38-15-16-41(4,5)6/h7,9-10,12-13,17-18,28H,8,11,14-16,19-20H2,1-6H3,(H,35,36)/t28-/m1/s1. The lowest BCUT2D eigenvalue weighted by Crippen LogP contribution is -2.37. The molecule has 3 aromatic rings. The Morgan fingerprint density at radius 1 is 1.15 bits per heavy atom. The lowest BCUT2D eigenvalue weighted by atomic mass is 10.1. The molecule has 0 aliphatic rings. The maximum absolute atomic E-state index is 14.1. The van der Waals surface area contributed by atoms with Crippen LogP contribution in [0.2, 0.25) is 25.7 Å². The normalized spacial score (nSPS) is 12.2. The van der Waals surface area contributed by atoms with Crippen LogP contribution in [-0.4, -0.2) is 67.0 Å². The van der Waals surface area contributed by atoms with Crippen LogP contribution in [0.4, 0.5) is 0 Å². The van der Waals surface area contributed by atoms with Crippen molar-refractivity contribution in [2.45, 2.75) is 65.0 Å². The number of benzene rings is 1. The fraction of sp³-hybridized carbons (Fsp3) is 0.467. The van der Waals surface area contributed by atoms with Gasteiger partial charge in [-0.15, -0.1) is 11.3 Å². The molecule has 0 bridgehead atoms. The molecule has 1 atom stereocenters. The average molecular weight is 600 g/mol. The minimum atomic E-state index is -1.28. The third kappa shape index (κ3) is 10.3. The molecular formula is C30H41N3O6SSi. The number of methoxy groups -OCH3 is 1. The number of pyridine rings is 1. The molecule has 1 N–H and O–H groups in total. The number of aromatic nitrogens is 2. The molecule has 11 heteroatoms. The van der Waals surface area contributed by atoms with Crippen LogP contribution in [0.25, 0.3) is 0 Å². The Kier molecular flexibility index (Phi) is 12.0. The van der Waals surface area contributed by atoms with Crippen molar-refractivity contribution in [3.05, 3.63) is 74.9 Å². The molecule has 9 nitrogen and oxygen atoms in total. The Labute approximate surface area is 247 Å². The second kappa shape index (κ2) is 15.2. The predicted molar refractivity (Wildman–Crippen MR) is 162 cm³/mol. The van der Waals surface area contributed by atoms with Gasteiger partial charge >= 0.3 is 5.97 Å². The third-order valence-electron chi connectivity index (χ3n) is 6.47. The van der Waals surface area contributed by atoms with Crippen LogP contribution in [0.1, 0.15) is 49.6 Å². The van der Waals surface area contributed by atoms with E-state index in [-0.39, 0.29) is 24.9 Å². The van der Waals surface area contributed by atoms with E-state index in [4.69, 9.17) is 14.2 Å². The number of ether oxygens (including phenoxy) is 3. The van der Waals surface area contributed by atoms with Crippen molar-refractivity contribution in [1.82, 2.24) is 14.9 Å². The summed E-state index contributed by atoms with van der Waals surface area (Å²) < 4.78 is 17.0. The number of aryl methyl sites for hydroxylation is 3. The summed E-state index contributed by atoms with van der Waals surface area (Å²) in [5, 5.41) is 10.1. The lowest BCUT2D eigenvalue weighted by Gasteiger charge is -2.27. The van der Waals surface area contributed by atoms with Gasteiger partial charge < -0.3 is 24.2 Å². The van der Waals surface area contributed by atoms with E-state index in [0.29, 0.717) is 40.9 Å². The van der Waals surface area contributed by atoms with Gasteiger partial charge in [-0.05, 0) is 44.4 Å². The van der Waals surface area contributed by atoms with E-state index < -0.39 is 20.1 Å². The first-order valence-corrected chi connectivity index (χ1v) is 18.2. The molecule has 0 aliphatic carbocycles. The van der Waals surface area contributed by atoms with Gasteiger partial charge in [0.25, 0.3) is 5.91 Å². The highest BCUT2D eigenvalue weighted by Crippen LogP contribution is 2.25. The SMILES string of the molecule is COc1ccc([C@@H](OCOCC[Si](C)(C)C)C(=O)N(CCCc2cccc(C)c2)Cc2nc(C(=O)O)c(C)s2)cn1. The first-order chi connectivity index (χ1) is 19.5. The van der Waals surface area contributed by atoms with E-state index in [0.717, 1.165) is 12.5 Å². The fourth-order valence-corrected chi connectivity index (χ4v) is 5.88. The molecule has 2 aromatic heterocycles. The first kappa shape index (κ1) is 32.4. The Morgan fingerprint density at radius 3 is 2.54 bits per heavy atom. The minimum absolute atomic E-state index is 0.0140. The summed E-state index contributed by atoms with van der Waals surface area (Å²) in [4.78, 5) is 36.6. The Morgan fingerprint density at radius 2 is 1.93 bits per heavy atom. The van der Waals surface area contributed by atoms with Gasteiger partial charge in [-0.25, -0.2) is 14.8 Å². The van der Waals surface area contributed by atoms with Gasteiger partial charge in [0, 0.05) is 43.9 Å². The molecular weight excluding hydrogens is 558 g/mol. The van der Waals surface area contributed by atoms with E-state index in [1.165, 1.54) is 29.6 Å². The zero-order valence-electron chi connectivity index (χ0n) is 24.8. The number of carboxylic acids is 1. The van der Waals surface area contributed by atoms with E-state index in [1.807, 2.05) is 6.07 Å². The molecule has 0 spiro atoms. The van der Waals surface area contributed by atoms with Gasteiger partial charge in [-0.1, -0.05) is 49.5 Å². The summed E-state index contributed by atoms with van der Waals surface area (Å²) >= 11 is 1.28. The van der Waals surface area contributed by atoms with Crippen molar-refractivity contribution in [1.29, 1.82) is 0 Å². The summed E-state index contributed by atoms with van der Waals surface area (Å²) in [6.45, 7) is 11.7. The van der Waals surface area contributed by atoms with Crippen molar-refractivity contribution in [3.8, 4) is 5.88 Å². The predicted octanol–water partition coefficient (Wildman–Crippen LogP) is 5.89. The highest BCUT2D eigenvalue weighted by Gasteiger charge is 2.29. The number of aromatic carboxylic acids is 1. The Hall–Kier alpha value is -3.12. The molecule has 222 valence electrons. The maximum Gasteiger partial charge on any atom is 0.355 e. The van der Waals surface area contributed by atoms with E-state index in [2.05, 4.69) is 54.7 Å². The zero-order chi connectivity index (χ0) is 30.0. The van der Waals surface area contributed by atoms with E-state index in [9.17, 15) is 14.7 Å². The number of amides is 1. The number of nitrogens with zero attached hydrogens (tertiary/aromatic N) is 3. The molecule has 2 heterocycles. The van der Waals surface area contributed by atoms with Crippen molar-refractivity contribution < 1.29 is 28.9 Å². The molecule has 0 unspecified atom stereocenters. The highest BCUT2D eigenvalue weighted by atomic mass is 32.1. The number of hydrogen-bond acceptors (Lipinski definition) is 8. The molecule has 0 saturated heterocycles. The van der Waals surface area contributed by atoms with E-state index >= 15 is 0 Å². The molecule has 0 radical (unpaired) electrons. The molecule has 1 amide bonds. The summed E-state index contributed by atoms with van der Waals surface area (Å²) in [5.74, 6) is -0.913. The van der Waals surface area contributed by atoms with Gasteiger partial charge in [0.05, 0.1) is 13.7 Å². The summed E-state index contributed by atoms with van der Waals surface area (Å²) in [7, 11) is 0.256. The van der Waals surface area contributed by atoms with Gasteiger partial charge in [0.1, 0.15) is 11.8 Å². The van der Waals surface area contributed by atoms with Crippen LogP contribution in [0.5, 0.6) is 5.88 Å². The van der Waals surface area contributed by atoms with E-state index in [1.54, 1.807) is 30.2 Å². The Balaban J connectivity index is 1.83. The first-order valence-electron chi connectivity index (χ1n) is 13.7. The third-order valence-corrected chi connectivity index (χ3v) is 9.13.